The maximum atomic E-state index is 8.21. The zero-order valence-electron chi connectivity index (χ0n) is 27.0. The molecule has 0 saturated carbocycles. The highest BCUT2D eigenvalue weighted by Gasteiger charge is 1.95. The molecule has 0 bridgehead atoms. The van der Waals surface area contributed by atoms with Gasteiger partial charge in [0.1, 0.15) is 17.2 Å². The van der Waals surface area contributed by atoms with Crippen LogP contribution in [0.5, 0.6) is 17.2 Å². The van der Waals surface area contributed by atoms with Crippen molar-refractivity contribution in [1.29, 1.82) is 0 Å². The Labute approximate surface area is 259 Å². The van der Waals surface area contributed by atoms with Crippen molar-refractivity contribution in [2.75, 3.05) is 57.3 Å². The minimum atomic E-state index is -0.00926. The molecule has 3 aromatic carbocycles. The van der Waals surface area contributed by atoms with Crippen molar-refractivity contribution in [3.05, 3.63) is 72.8 Å². The van der Waals surface area contributed by atoms with Crippen LogP contribution >= 0.6 is 0 Å². The van der Waals surface area contributed by atoms with Crippen molar-refractivity contribution in [3.8, 4) is 17.2 Å². The van der Waals surface area contributed by atoms with Crippen molar-refractivity contribution >= 4 is 17.1 Å². The summed E-state index contributed by atoms with van der Waals surface area (Å²) < 4.78 is 20.4. The molecular formula is C33H57N5O5. The number of para-hydroxylation sites is 2. The van der Waals surface area contributed by atoms with Crippen LogP contribution in [0.4, 0.5) is 17.1 Å². The number of benzene rings is 3. The zero-order valence-corrected chi connectivity index (χ0v) is 27.0. The third-order valence-electron chi connectivity index (χ3n) is 5.24. The summed E-state index contributed by atoms with van der Waals surface area (Å²) in [4.78, 5) is 0. The van der Waals surface area contributed by atoms with Crippen LogP contribution in [0.3, 0.4) is 0 Å². The van der Waals surface area contributed by atoms with Gasteiger partial charge >= 0.3 is 0 Å². The number of anilines is 3. The van der Waals surface area contributed by atoms with Crippen LogP contribution in [0, 0.1) is 0 Å². The number of hydrogen-bond acceptors (Lipinski definition) is 10. The third kappa shape index (κ3) is 24.6. The number of hydrogen-bond donors (Lipinski definition) is 6. The number of ether oxygens (including phenoxy) is 4. The van der Waals surface area contributed by atoms with Gasteiger partial charge in [-0.1, -0.05) is 32.0 Å². The van der Waals surface area contributed by atoms with Crippen LogP contribution in [-0.4, -0.2) is 57.3 Å². The summed E-state index contributed by atoms with van der Waals surface area (Å²) in [5.74, 6) is 2.48. The standard InChI is InChI=1S/3C8H11NO.C5H13NO.C4H11NO/c1-2-10-8-5-3-7(9)4-6-8;1-2-10-8-5-3-4-7(9)6-8;1-2-10-8-6-4-3-5-7(8)9;1-3-5(6)4-7-2;1-2-4(5)3-6/h3*3-6H,2,9H2,1H3;5H,3-4,6H2,1-2H3;4,6H,2-3,5H2,1H3. The van der Waals surface area contributed by atoms with Crippen molar-refractivity contribution in [2.24, 2.45) is 11.5 Å². The molecule has 0 spiro atoms. The Bertz CT molecular complexity index is 1020. The van der Waals surface area contributed by atoms with Gasteiger partial charge in [0, 0.05) is 36.6 Å². The van der Waals surface area contributed by atoms with E-state index in [0.717, 1.165) is 41.5 Å². The monoisotopic (exact) mass is 603 g/mol. The molecule has 0 aliphatic carbocycles. The van der Waals surface area contributed by atoms with E-state index in [-0.39, 0.29) is 18.7 Å². The second-order valence-corrected chi connectivity index (χ2v) is 8.95. The SMILES string of the molecule is CCC(N)CO.CCC(N)COC.CCOc1ccc(N)cc1.CCOc1cccc(N)c1.CCOc1ccccc1N. The number of aliphatic hydroxyl groups excluding tert-OH is 1. The summed E-state index contributed by atoms with van der Waals surface area (Å²) in [5, 5.41) is 8.21. The summed E-state index contributed by atoms with van der Waals surface area (Å²) in [6.45, 7) is 12.7. The summed E-state index contributed by atoms with van der Waals surface area (Å²) in [5.41, 5.74) is 29.4. The summed E-state index contributed by atoms with van der Waals surface area (Å²) in [7, 11) is 1.66. The average molecular weight is 604 g/mol. The average Bonchev–Trinajstić information content (AvgIpc) is 3.01. The van der Waals surface area contributed by atoms with Crippen LogP contribution in [0.25, 0.3) is 0 Å². The van der Waals surface area contributed by atoms with Gasteiger partial charge in [0.2, 0.25) is 0 Å². The molecule has 0 aliphatic rings. The minimum Gasteiger partial charge on any atom is -0.494 e. The van der Waals surface area contributed by atoms with E-state index in [0.29, 0.717) is 32.1 Å². The maximum Gasteiger partial charge on any atom is 0.142 e. The Morgan fingerprint density at radius 1 is 0.628 bits per heavy atom. The van der Waals surface area contributed by atoms with E-state index in [2.05, 4.69) is 0 Å². The largest absolute Gasteiger partial charge is 0.494 e. The molecule has 0 aromatic heterocycles. The first-order valence-corrected chi connectivity index (χ1v) is 14.7. The molecule has 0 fully saturated rings. The molecule has 11 N–H and O–H groups in total. The highest BCUT2D eigenvalue weighted by atomic mass is 16.5. The lowest BCUT2D eigenvalue weighted by Crippen LogP contribution is -2.23. The van der Waals surface area contributed by atoms with Crippen LogP contribution in [0.15, 0.2) is 72.8 Å². The number of nitrogen functional groups attached to an aromatic ring is 3. The molecule has 2 atom stereocenters. The number of rotatable bonds is 11. The molecule has 2 unspecified atom stereocenters. The minimum absolute atomic E-state index is 0.00926. The molecule has 10 heteroatoms. The van der Waals surface area contributed by atoms with Gasteiger partial charge in [0.25, 0.3) is 0 Å². The highest BCUT2D eigenvalue weighted by molar-refractivity contribution is 5.51. The molecular weight excluding hydrogens is 546 g/mol. The zero-order chi connectivity index (χ0) is 32.9. The second-order valence-electron chi connectivity index (χ2n) is 8.95. The number of nitrogens with two attached hydrogens (primary N) is 5. The van der Waals surface area contributed by atoms with Crippen molar-refractivity contribution in [1.82, 2.24) is 0 Å². The molecule has 3 rings (SSSR count). The third-order valence-corrected chi connectivity index (χ3v) is 5.24. The predicted molar refractivity (Wildman–Crippen MR) is 182 cm³/mol. The molecule has 0 aliphatic heterocycles. The van der Waals surface area contributed by atoms with Crippen LogP contribution < -0.4 is 42.9 Å². The van der Waals surface area contributed by atoms with Gasteiger partial charge < -0.3 is 52.7 Å². The smallest absolute Gasteiger partial charge is 0.142 e. The van der Waals surface area contributed by atoms with E-state index in [1.807, 2.05) is 107 Å². The molecule has 244 valence electrons. The van der Waals surface area contributed by atoms with Gasteiger partial charge in [-0.05, 0) is 82.1 Å². The molecule has 43 heavy (non-hydrogen) atoms. The van der Waals surface area contributed by atoms with E-state index >= 15 is 0 Å². The Kier molecular flexibility index (Phi) is 27.4. The quantitative estimate of drug-likeness (QED) is 0.161. The van der Waals surface area contributed by atoms with Gasteiger partial charge in [-0.15, -0.1) is 0 Å². The normalized spacial score (nSPS) is 10.8. The van der Waals surface area contributed by atoms with E-state index in [1.54, 1.807) is 7.11 Å². The Balaban J connectivity index is 0. The van der Waals surface area contributed by atoms with Gasteiger partial charge in [0.15, 0.2) is 0 Å². The van der Waals surface area contributed by atoms with Crippen LogP contribution in [-0.2, 0) is 4.74 Å². The van der Waals surface area contributed by atoms with Crippen molar-refractivity contribution in [3.63, 3.8) is 0 Å². The number of aliphatic hydroxyl groups is 1. The first-order chi connectivity index (χ1) is 20.6. The van der Waals surface area contributed by atoms with E-state index in [9.17, 15) is 0 Å². The Morgan fingerprint density at radius 2 is 1.19 bits per heavy atom. The maximum absolute atomic E-state index is 8.21. The van der Waals surface area contributed by atoms with Gasteiger partial charge in [-0.3, -0.25) is 0 Å². The van der Waals surface area contributed by atoms with Gasteiger partial charge in [0.05, 0.1) is 38.7 Å². The second kappa shape index (κ2) is 28.4. The summed E-state index contributed by atoms with van der Waals surface area (Å²) in [6, 6.07) is 22.5. The molecule has 0 saturated heterocycles. The van der Waals surface area contributed by atoms with Crippen molar-refractivity contribution < 1.29 is 24.1 Å². The molecule has 3 aromatic rings. The fraction of sp³-hybridized carbons (Fsp3) is 0.455. The van der Waals surface area contributed by atoms with Gasteiger partial charge in [-0.2, -0.15) is 0 Å². The fourth-order valence-electron chi connectivity index (χ4n) is 2.73. The lowest BCUT2D eigenvalue weighted by atomic mass is 10.3. The Morgan fingerprint density at radius 3 is 1.60 bits per heavy atom. The lowest BCUT2D eigenvalue weighted by Gasteiger charge is -2.04. The van der Waals surface area contributed by atoms with E-state index in [4.69, 9.17) is 52.7 Å². The van der Waals surface area contributed by atoms with Crippen LogP contribution in [0.2, 0.25) is 0 Å². The summed E-state index contributed by atoms with van der Waals surface area (Å²) in [6.07, 6.45) is 1.85. The molecule has 0 heterocycles. The fourth-order valence-corrected chi connectivity index (χ4v) is 2.73. The van der Waals surface area contributed by atoms with Gasteiger partial charge in [-0.25, -0.2) is 0 Å². The highest BCUT2D eigenvalue weighted by Crippen LogP contribution is 2.19. The summed E-state index contributed by atoms with van der Waals surface area (Å²) >= 11 is 0. The topological polar surface area (TPSA) is 187 Å². The lowest BCUT2D eigenvalue weighted by molar-refractivity contribution is 0.179. The molecule has 10 nitrogen and oxygen atoms in total. The molecule has 0 radical (unpaired) electrons. The number of methoxy groups -OCH3 is 1. The van der Waals surface area contributed by atoms with E-state index in [1.165, 1.54) is 0 Å². The van der Waals surface area contributed by atoms with Crippen molar-refractivity contribution in [2.45, 2.75) is 59.5 Å². The van der Waals surface area contributed by atoms with E-state index < -0.39 is 0 Å². The molecule has 0 amide bonds. The first-order valence-electron chi connectivity index (χ1n) is 14.7. The van der Waals surface area contributed by atoms with Crippen LogP contribution in [0.1, 0.15) is 47.5 Å². The Hall–Kier alpha value is -3.70. The first kappa shape index (κ1) is 41.4. The predicted octanol–water partition coefficient (Wildman–Crippen LogP) is 5.09.